The minimum Gasteiger partial charge on any atom is -0.373 e. The van der Waals surface area contributed by atoms with Crippen LogP contribution in [0, 0.1) is 11.3 Å². The molecular formula is C16H15N3O2S. The monoisotopic (exact) mass is 313 g/mol. The molecule has 0 aliphatic rings. The topological polar surface area (TPSA) is 78.8 Å². The van der Waals surface area contributed by atoms with Crippen LogP contribution < -0.4 is 5.56 Å². The fraction of sp³-hybridized carbons (Fsp3) is 0.188. The first-order chi connectivity index (χ1) is 10.7. The quantitative estimate of drug-likeness (QED) is 0.384. The van der Waals surface area contributed by atoms with Crippen LogP contribution in [-0.4, -0.2) is 22.8 Å². The zero-order valence-electron chi connectivity index (χ0n) is 12.1. The summed E-state index contributed by atoms with van der Waals surface area (Å²) in [5.41, 5.74) is 1.64. The van der Waals surface area contributed by atoms with Gasteiger partial charge in [-0.05, 0) is 17.9 Å². The Morgan fingerprint density at radius 2 is 2.36 bits per heavy atom. The smallest absolute Gasteiger partial charge is 0.270 e. The molecule has 1 heterocycles. The van der Waals surface area contributed by atoms with Gasteiger partial charge in [0.15, 0.2) is 5.16 Å². The molecule has 112 valence electrons. The molecule has 22 heavy (non-hydrogen) atoms. The number of H-pyrrole nitrogens is 1. The molecule has 0 aliphatic heterocycles. The lowest BCUT2D eigenvalue weighted by atomic mass is 10.1. The predicted octanol–water partition coefficient (Wildman–Crippen LogP) is 2.73. The fourth-order valence-electron chi connectivity index (χ4n) is 1.93. The van der Waals surface area contributed by atoms with Crippen LogP contribution in [0.5, 0.6) is 0 Å². The molecule has 0 spiro atoms. The van der Waals surface area contributed by atoms with Crippen molar-refractivity contribution in [2.45, 2.75) is 11.8 Å². The Morgan fingerprint density at radius 1 is 1.55 bits per heavy atom. The average Bonchev–Trinajstić information content (AvgIpc) is 2.54. The maximum atomic E-state index is 12.0. The molecule has 2 rings (SSSR count). The molecular weight excluding hydrogens is 298 g/mol. The first-order valence-electron chi connectivity index (χ1n) is 6.56. The Bertz CT molecular complexity index is 778. The van der Waals surface area contributed by atoms with Crippen molar-refractivity contribution in [1.82, 2.24) is 9.97 Å². The summed E-state index contributed by atoms with van der Waals surface area (Å²) in [6.07, 6.45) is 3.49. The van der Waals surface area contributed by atoms with Crippen molar-refractivity contribution in [3.63, 3.8) is 0 Å². The number of thioether (sulfide) groups is 1. The van der Waals surface area contributed by atoms with Gasteiger partial charge in [-0.15, -0.1) is 6.58 Å². The minimum absolute atomic E-state index is 0.0157. The highest BCUT2D eigenvalue weighted by Crippen LogP contribution is 2.22. The highest BCUT2D eigenvalue weighted by Gasteiger charge is 2.13. The van der Waals surface area contributed by atoms with Crippen molar-refractivity contribution in [3.8, 4) is 17.3 Å². The summed E-state index contributed by atoms with van der Waals surface area (Å²) >= 11 is 1.32. The van der Waals surface area contributed by atoms with Gasteiger partial charge in [-0.1, -0.05) is 36.0 Å². The van der Waals surface area contributed by atoms with E-state index in [2.05, 4.69) is 16.5 Å². The van der Waals surface area contributed by atoms with Gasteiger partial charge < -0.3 is 9.72 Å². The second kappa shape index (κ2) is 7.59. The normalized spacial score (nSPS) is 10.2. The van der Waals surface area contributed by atoms with Crippen molar-refractivity contribution in [2.75, 3.05) is 12.9 Å². The SMILES string of the molecule is C=CCOCc1cccc(-c2nc(SC)[nH]c(=O)c2C#N)c1. The Hall–Kier alpha value is -2.36. The standard InChI is InChI=1S/C16H15N3O2S/c1-3-7-21-10-11-5-4-6-12(8-11)14-13(9-17)15(20)19-16(18-14)22-2/h3-6,8H,1,7,10H2,2H3,(H,18,19,20). The summed E-state index contributed by atoms with van der Waals surface area (Å²) in [4.78, 5) is 18.9. The van der Waals surface area contributed by atoms with Crippen LogP contribution in [0.1, 0.15) is 11.1 Å². The summed E-state index contributed by atoms with van der Waals surface area (Å²) in [7, 11) is 0. The lowest BCUT2D eigenvalue weighted by Gasteiger charge is -2.07. The number of aromatic nitrogens is 2. The molecule has 0 amide bonds. The van der Waals surface area contributed by atoms with E-state index in [1.54, 1.807) is 6.08 Å². The number of hydrogen-bond donors (Lipinski definition) is 1. The molecule has 0 bridgehead atoms. The van der Waals surface area contributed by atoms with Crippen molar-refractivity contribution < 1.29 is 4.74 Å². The van der Waals surface area contributed by atoms with Gasteiger partial charge in [0.2, 0.25) is 0 Å². The average molecular weight is 313 g/mol. The number of rotatable bonds is 6. The van der Waals surface area contributed by atoms with Crippen molar-refractivity contribution in [3.05, 3.63) is 58.4 Å². The number of benzene rings is 1. The van der Waals surface area contributed by atoms with Gasteiger partial charge in [-0.25, -0.2) is 4.98 Å². The van der Waals surface area contributed by atoms with E-state index in [1.165, 1.54) is 11.8 Å². The van der Waals surface area contributed by atoms with Gasteiger partial charge in [0, 0.05) is 5.56 Å². The summed E-state index contributed by atoms with van der Waals surface area (Å²) < 4.78 is 5.41. The molecule has 0 saturated heterocycles. The number of ether oxygens (including phenoxy) is 1. The Kier molecular flexibility index (Phi) is 5.53. The molecule has 5 nitrogen and oxygen atoms in total. The van der Waals surface area contributed by atoms with Crippen LogP contribution in [0.2, 0.25) is 0 Å². The van der Waals surface area contributed by atoms with Crippen LogP contribution in [0.4, 0.5) is 0 Å². The van der Waals surface area contributed by atoms with Gasteiger partial charge >= 0.3 is 0 Å². The first kappa shape index (κ1) is 16.0. The molecule has 0 atom stereocenters. The molecule has 1 N–H and O–H groups in total. The Labute approximate surface area is 132 Å². The van der Waals surface area contributed by atoms with E-state index >= 15 is 0 Å². The number of nitriles is 1. The highest BCUT2D eigenvalue weighted by atomic mass is 32.2. The molecule has 0 fully saturated rings. The van der Waals surface area contributed by atoms with Crippen molar-refractivity contribution in [1.29, 1.82) is 5.26 Å². The van der Waals surface area contributed by atoms with Crippen LogP contribution in [-0.2, 0) is 11.3 Å². The largest absolute Gasteiger partial charge is 0.373 e. The van der Waals surface area contributed by atoms with Crippen molar-refractivity contribution >= 4 is 11.8 Å². The van der Waals surface area contributed by atoms with Crippen LogP contribution in [0.3, 0.4) is 0 Å². The van der Waals surface area contributed by atoms with E-state index in [0.717, 1.165) is 11.1 Å². The molecule has 0 unspecified atom stereocenters. The third-order valence-electron chi connectivity index (χ3n) is 2.91. The van der Waals surface area contributed by atoms with Crippen molar-refractivity contribution in [2.24, 2.45) is 0 Å². The predicted molar refractivity (Wildman–Crippen MR) is 86.6 cm³/mol. The van der Waals surface area contributed by atoms with E-state index in [1.807, 2.05) is 36.6 Å². The molecule has 2 aromatic rings. The van der Waals surface area contributed by atoms with E-state index < -0.39 is 5.56 Å². The molecule has 0 saturated carbocycles. The number of hydrogen-bond acceptors (Lipinski definition) is 5. The van der Waals surface area contributed by atoms with E-state index in [4.69, 9.17) is 4.74 Å². The van der Waals surface area contributed by atoms with Gasteiger partial charge in [-0.3, -0.25) is 4.79 Å². The second-order valence-corrected chi connectivity index (χ2v) is 5.21. The summed E-state index contributed by atoms with van der Waals surface area (Å²) in [5, 5.41) is 9.69. The van der Waals surface area contributed by atoms with E-state index in [0.29, 0.717) is 24.1 Å². The molecule has 6 heteroatoms. The lowest BCUT2D eigenvalue weighted by Crippen LogP contribution is -2.14. The van der Waals surface area contributed by atoms with E-state index in [-0.39, 0.29) is 5.56 Å². The molecule has 0 radical (unpaired) electrons. The lowest BCUT2D eigenvalue weighted by molar-refractivity contribution is 0.149. The third-order valence-corrected chi connectivity index (χ3v) is 3.49. The van der Waals surface area contributed by atoms with Crippen LogP contribution in [0.15, 0.2) is 46.9 Å². The minimum atomic E-state index is -0.426. The first-order valence-corrected chi connectivity index (χ1v) is 7.78. The summed E-state index contributed by atoms with van der Waals surface area (Å²) in [5.74, 6) is 0. The zero-order valence-corrected chi connectivity index (χ0v) is 12.9. The van der Waals surface area contributed by atoms with Gasteiger partial charge in [-0.2, -0.15) is 5.26 Å². The zero-order chi connectivity index (χ0) is 15.9. The maximum Gasteiger partial charge on any atom is 0.270 e. The highest BCUT2D eigenvalue weighted by molar-refractivity contribution is 7.98. The Morgan fingerprint density at radius 3 is 3.05 bits per heavy atom. The molecule has 0 aliphatic carbocycles. The van der Waals surface area contributed by atoms with Gasteiger partial charge in [0.25, 0.3) is 5.56 Å². The maximum absolute atomic E-state index is 12.0. The van der Waals surface area contributed by atoms with Gasteiger partial charge in [0.1, 0.15) is 11.6 Å². The van der Waals surface area contributed by atoms with Crippen LogP contribution in [0.25, 0.3) is 11.3 Å². The third kappa shape index (κ3) is 3.64. The van der Waals surface area contributed by atoms with Gasteiger partial charge in [0.05, 0.1) is 18.9 Å². The Balaban J connectivity index is 2.45. The molecule has 1 aromatic carbocycles. The molecule has 1 aromatic heterocycles. The van der Waals surface area contributed by atoms with Crippen LogP contribution >= 0.6 is 11.8 Å². The number of nitrogens with one attached hydrogen (secondary N) is 1. The number of nitrogens with zero attached hydrogens (tertiary/aromatic N) is 2. The van der Waals surface area contributed by atoms with E-state index in [9.17, 15) is 10.1 Å². The fourth-order valence-corrected chi connectivity index (χ4v) is 2.31. The second-order valence-electron chi connectivity index (χ2n) is 4.41. The summed E-state index contributed by atoms with van der Waals surface area (Å²) in [6, 6.07) is 9.39. The number of aromatic amines is 1. The summed E-state index contributed by atoms with van der Waals surface area (Å²) in [6.45, 7) is 4.49.